The number of pyridine rings is 1. The Kier molecular flexibility index (Phi) is 5.15. The predicted octanol–water partition coefficient (Wildman–Crippen LogP) is 2.77. The van der Waals surface area contributed by atoms with Crippen LogP contribution in [0.5, 0.6) is 0 Å². The van der Waals surface area contributed by atoms with Crippen molar-refractivity contribution in [3.63, 3.8) is 0 Å². The summed E-state index contributed by atoms with van der Waals surface area (Å²) in [5.41, 5.74) is 5.73. The molecule has 0 spiro atoms. The van der Waals surface area contributed by atoms with Gasteiger partial charge < -0.3 is 0 Å². The maximum absolute atomic E-state index is 5.86. The van der Waals surface area contributed by atoms with E-state index in [1.807, 2.05) is 23.7 Å². The van der Waals surface area contributed by atoms with E-state index in [1.165, 1.54) is 0 Å². The third-order valence-electron chi connectivity index (χ3n) is 3.16. The van der Waals surface area contributed by atoms with Gasteiger partial charge in [-0.25, -0.2) is 0 Å². The topological polar surface area (TPSA) is 68.8 Å². The zero-order valence-corrected chi connectivity index (χ0v) is 13.7. The van der Waals surface area contributed by atoms with Crippen LogP contribution in [-0.2, 0) is 13.0 Å². The van der Waals surface area contributed by atoms with Gasteiger partial charge in [-0.15, -0.1) is 0 Å². The van der Waals surface area contributed by atoms with Crippen molar-refractivity contribution in [1.82, 2.24) is 20.2 Å². The molecule has 0 bridgehead atoms. The van der Waals surface area contributed by atoms with E-state index in [4.69, 9.17) is 17.4 Å². The number of hydrogen-bond acceptors (Lipinski definition) is 4. The number of nitrogens with one attached hydrogen (secondary N) is 1. The number of nitrogens with zero attached hydrogens (tertiary/aromatic N) is 3. The summed E-state index contributed by atoms with van der Waals surface area (Å²) >= 11 is 9.45. The number of rotatable bonds is 5. The van der Waals surface area contributed by atoms with Crippen molar-refractivity contribution in [3.05, 3.63) is 44.9 Å². The molecule has 1 atom stereocenters. The van der Waals surface area contributed by atoms with E-state index in [0.717, 1.165) is 28.1 Å². The monoisotopic (exact) mass is 357 g/mol. The van der Waals surface area contributed by atoms with Crippen molar-refractivity contribution in [3.8, 4) is 0 Å². The minimum absolute atomic E-state index is 0.0926. The van der Waals surface area contributed by atoms with Crippen LogP contribution in [-0.4, -0.2) is 14.8 Å². The Balaban J connectivity index is 2.28. The molecule has 0 radical (unpaired) electrons. The molecule has 0 amide bonds. The molecule has 2 heterocycles. The van der Waals surface area contributed by atoms with Crippen LogP contribution < -0.4 is 11.3 Å². The molecule has 1 unspecified atom stereocenters. The number of aromatic nitrogens is 3. The first-order valence-electron chi connectivity index (χ1n) is 6.36. The highest BCUT2D eigenvalue weighted by Crippen LogP contribution is 2.26. The summed E-state index contributed by atoms with van der Waals surface area (Å²) < 4.78 is 2.99. The zero-order valence-electron chi connectivity index (χ0n) is 11.4. The van der Waals surface area contributed by atoms with Crippen molar-refractivity contribution in [2.45, 2.75) is 32.9 Å². The van der Waals surface area contributed by atoms with Crippen LogP contribution in [0.3, 0.4) is 0 Å². The molecule has 0 saturated carbocycles. The van der Waals surface area contributed by atoms with Crippen LogP contribution in [0.4, 0.5) is 0 Å². The van der Waals surface area contributed by atoms with E-state index >= 15 is 0 Å². The molecule has 0 saturated heterocycles. The van der Waals surface area contributed by atoms with Crippen LogP contribution in [0.25, 0.3) is 0 Å². The molecular formula is C13H17BrClN5. The largest absolute Gasteiger partial charge is 0.271 e. The number of hydrazine groups is 1. The molecule has 108 valence electrons. The quantitative estimate of drug-likeness (QED) is 0.637. The van der Waals surface area contributed by atoms with E-state index < -0.39 is 0 Å². The average Bonchev–Trinajstić information content (AvgIpc) is 2.73. The Hall–Kier alpha value is -0.950. The molecule has 20 heavy (non-hydrogen) atoms. The smallest absolute Gasteiger partial charge is 0.0738 e. The van der Waals surface area contributed by atoms with Gasteiger partial charge in [0.2, 0.25) is 0 Å². The molecule has 5 nitrogen and oxygen atoms in total. The van der Waals surface area contributed by atoms with E-state index in [0.29, 0.717) is 11.4 Å². The maximum atomic E-state index is 5.86. The molecule has 0 aliphatic rings. The fraction of sp³-hybridized carbons (Fsp3) is 0.385. The molecule has 0 aromatic carbocycles. The van der Waals surface area contributed by atoms with Crippen LogP contribution in [0.1, 0.15) is 30.0 Å². The van der Waals surface area contributed by atoms with E-state index in [1.54, 1.807) is 6.20 Å². The Labute approximate surface area is 131 Å². The molecular weight excluding hydrogens is 342 g/mol. The van der Waals surface area contributed by atoms with Crippen LogP contribution in [0.2, 0.25) is 5.02 Å². The molecule has 7 heteroatoms. The molecule has 3 N–H and O–H groups in total. The second-order valence-electron chi connectivity index (χ2n) is 4.49. The van der Waals surface area contributed by atoms with Gasteiger partial charge in [-0.2, -0.15) is 5.10 Å². The van der Waals surface area contributed by atoms with Crippen LogP contribution >= 0.6 is 27.5 Å². The van der Waals surface area contributed by atoms with Crippen molar-refractivity contribution >= 4 is 27.5 Å². The Morgan fingerprint density at radius 3 is 2.80 bits per heavy atom. The Morgan fingerprint density at radius 2 is 2.25 bits per heavy atom. The highest BCUT2D eigenvalue weighted by atomic mass is 79.9. The third kappa shape index (κ3) is 3.20. The summed E-state index contributed by atoms with van der Waals surface area (Å²) in [6, 6.07) is 3.59. The van der Waals surface area contributed by atoms with E-state index in [9.17, 15) is 0 Å². The second kappa shape index (κ2) is 6.67. The molecule has 0 fully saturated rings. The lowest BCUT2D eigenvalue weighted by molar-refractivity contribution is 0.506. The van der Waals surface area contributed by atoms with Crippen molar-refractivity contribution < 1.29 is 0 Å². The van der Waals surface area contributed by atoms with E-state index in [-0.39, 0.29) is 6.04 Å². The average molecular weight is 359 g/mol. The van der Waals surface area contributed by atoms with Crippen LogP contribution in [0, 0.1) is 6.92 Å². The van der Waals surface area contributed by atoms with Gasteiger partial charge in [-0.3, -0.25) is 20.9 Å². The van der Waals surface area contributed by atoms with Crippen LogP contribution in [0.15, 0.2) is 22.8 Å². The molecule has 2 rings (SSSR count). The number of nitrogens with two attached hydrogens (primary N) is 1. The highest BCUT2D eigenvalue weighted by Gasteiger charge is 2.19. The number of hydrogen-bond donors (Lipinski definition) is 2. The predicted molar refractivity (Wildman–Crippen MR) is 83.4 cm³/mol. The Bertz CT molecular complexity index is 581. The van der Waals surface area contributed by atoms with Crippen molar-refractivity contribution in [2.24, 2.45) is 5.84 Å². The van der Waals surface area contributed by atoms with Gasteiger partial charge in [0, 0.05) is 19.2 Å². The first-order valence-corrected chi connectivity index (χ1v) is 7.53. The standard InChI is InChI=1S/C13H17BrClN5/c1-3-20-12(13(14)8(2)19-20)6-11(18-16)10-5-4-9(15)7-17-10/h4-5,7,11,18H,3,6,16H2,1-2H3. The van der Waals surface area contributed by atoms with Gasteiger partial charge in [0.25, 0.3) is 0 Å². The second-order valence-corrected chi connectivity index (χ2v) is 5.72. The van der Waals surface area contributed by atoms with Crippen molar-refractivity contribution in [1.29, 1.82) is 0 Å². The summed E-state index contributed by atoms with van der Waals surface area (Å²) in [5, 5.41) is 5.09. The molecule has 0 aliphatic carbocycles. The minimum Gasteiger partial charge on any atom is -0.271 e. The molecule has 2 aromatic rings. The Morgan fingerprint density at radius 1 is 1.50 bits per heavy atom. The van der Waals surface area contributed by atoms with Gasteiger partial charge in [-0.05, 0) is 41.9 Å². The first kappa shape index (κ1) is 15.4. The number of aryl methyl sites for hydroxylation is 2. The summed E-state index contributed by atoms with van der Waals surface area (Å²) in [7, 11) is 0. The van der Waals surface area contributed by atoms with Gasteiger partial charge in [0.05, 0.1) is 32.6 Å². The molecule has 2 aromatic heterocycles. The SMILES string of the molecule is CCn1nc(C)c(Br)c1CC(NN)c1ccc(Cl)cn1. The van der Waals surface area contributed by atoms with Gasteiger partial charge in [0.15, 0.2) is 0 Å². The summed E-state index contributed by atoms with van der Waals surface area (Å²) in [6.45, 7) is 4.85. The summed E-state index contributed by atoms with van der Waals surface area (Å²) in [4.78, 5) is 4.32. The summed E-state index contributed by atoms with van der Waals surface area (Å²) in [6.07, 6.45) is 2.32. The lowest BCUT2D eigenvalue weighted by Crippen LogP contribution is -2.31. The summed E-state index contributed by atoms with van der Waals surface area (Å²) in [5.74, 6) is 5.67. The highest BCUT2D eigenvalue weighted by molar-refractivity contribution is 9.10. The third-order valence-corrected chi connectivity index (χ3v) is 4.41. The molecule has 0 aliphatic heterocycles. The zero-order chi connectivity index (χ0) is 14.7. The fourth-order valence-electron chi connectivity index (χ4n) is 2.10. The number of halogens is 2. The fourth-order valence-corrected chi connectivity index (χ4v) is 2.66. The van der Waals surface area contributed by atoms with Gasteiger partial charge >= 0.3 is 0 Å². The maximum Gasteiger partial charge on any atom is 0.0738 e. The normalized spacial score (nSPS) is 12.7. The lowest BCUT2D eigenvalue weighted by Gasteiger charge is -2.16. The minimum atomic E-state index is -0.0926. The lowest BCUT2D eigenvalue weighted by atomic mass is 10.1. The van der Waals surface area contributed by atoms with Gasteiger partial charge in [0.1, 0.15) is 0 Å². The van der Waals surface area contributed by atoms with Gasteiger partial charge in [-0.1, -0.05) is 11.6 Å². The van der Waals surface area contributed by atoms with Crippen molar-refractivity contribution in [2.75, 3.05) is 0 Å². The van der Waals surface area contributed by atoms with E-state index in [2.05, 4.69) is 38.4 Å². The first-order chi connectivity index (χ1) is 9.56.